The second-order valence-corrected chi connectivity index (χ2v) is 10.8. The first-order chi connectivity index (χ1) is 16.2. The molecule has 0 bridgehead atoms. The highest BCUT2D eigenvalue weighted by atomic mass is 35.5. The lowest BCUT2D eigenvalue weighted by Gasteiger charge is -2.45. The van der Waals surface area contributed by atoms with Crippen molar-refractivity contribution < 1.29 is 19.4 Å². The van der Waals surface area contributed by atoms with Crippen molar-refractivity contribution in [3.05, 3.63) is 29.4 Å². The number of pyridine rings is 1. The van der Waals surface area contributed by atoms with Crippen LogP contribution in [0.2, 0.25) is 5.02 Å². The third kappa shape index (κ3) is 4.27. The van der Waals surface area contributed by atoms with Gasteiger partial charge in [-0.1, -0.05) is 11.6 Å². The molecule has 0 aliphatic carbocycles. The number of rotatable bonds is 4. The van der Waals surface area contributed by atoms with E-state index in [1.807, 2.05) is 26.0 Å². The van der Waals surface area contributed by atoms with Gasteiger partial charge in [0.15, 0.2) is 0 Å². The highest BCUT2D eigenvalue weighted by Gasteiger charge is 2.45. The molecule has 1 amide bonds. The lowest BCUT2D eigenvalue weighted by Crippen LogP contribution is -2.60. The minimum Gasteiger partial charge on any atom is -0.389 e. The molecule has 184 valence electrons. The van der Waals surface area contributed by atoms with Crippen molar-refractivity contribution in [1.29, 1.82) is 0 Å². The lowest BCUT2D eigenvalue weighted by molar-refractivity contribution is -0.124. The molecule has 2 N–H and O–H groups in total. The summed E-state index contributed by atoms with van der Waals surface area (Å²) in [7, 11) is 0. The number of nitrogens with one attached hydrogen (secondary N) is 1. The maximum absolute atomic E-state index is 12.8. The van der Waals surface area contributed by atoms with Crippen LogP contribution in [0.4, 0.5) is 11.5 Å². The second-order valence-electron chi connectivity index (χ2n) is 10.4. The Bertz CT molecular complexity index is 1090. The van der Waals surface area contributed by atoms with Gasteiger partial charge in [-0.05, 0) is 50.8 Å². The van der Waals surface area contributed by atoms with Crippen LogP contribution in [-0.2, 0) is 14.3 Å². The number of carbonyl (C=O) groups is 1. The molecular weight excluding hydrogens is 456 g/mol. The summed E-state index contributed by atoms with van der Waals surface area (Å²) in [6.07, 6.45) is 1.99. The van der Waals surface area contributed by atoms with Gasteiger partial charge in [-0.2, -0.15) is 0 Å². The third-order valence-corrected chi connectivity index (χ3v) is 8.11. The predicted octanol–water partition coefficient (Wildman–Crippen LogP) is 2.91. The molecule has 9 heteroatoms. The molecule has 0 radical (unpaired) electrons. The van der Waals surface area contributed by atoms with Crippen LogP contribution in [0.3, 0.4) is 0 Å². The van der Waals surface area contributed by atoms with E-state index in [0.717, 1.165) is 42.6 Å². The number of ether oxygens (including phenoxy) is 2. The van der Waals surface area contributed by atoms with E-state index in [4.69, 9.17) is 21.1 Å². The van der Waals surface area contributed by atoms with E-state index in [9.17, 15) is 9.90 Å². The number of aliphatic hydroxyl groups excluding tert-OH is 1. The number of aliphatic hydroxyl groups is 1. The summed E-state index contributed by atoms with van der Waals surface area (Å²) >= 11 is 6.67. The van der Waals surface area contributed by atoms with Crippen LogP contribution in [0.5, 0.6) is 0 Å². The molecule has 3 saturated heterocycles. The summed E-state index contributed by atoms with van der Waals surface area (Å²) in [4.78, 5) is 21.9. The Balaban J connectivity index is 1.32. The highest BCUT2D eigenvalue weighted by molar-refractivity contribution is 6.34. The Morgan fingerprint density at radius 2 is 1.94 bits per heavy atom. The highest BCUT2D eigenvalue weighted by Crippen LogP contribution is 2.35. The molecule has 5 rings (SSSR count). The molecule has 0 spiro atoms. The zero-order chi connectivity index (χ0) is 24.1. The molecule has 0 saturated carbocycles. The summed E-state index contributed by atoms with van der Waals surface area (Å²) in [5, 5.41) is 15.9. The molecule has 8 nitrogen and oxygen atoms in total. The van der Waals surface area contributed by atoms with Crippen LogP contribution in [0, 0.1) is 5.92 Å². The fraction of sp³-hybridized carbons (Fsp3) is 0.600. The fourth-order valence-corrected chi connectivity index (χ4v) is 5.72. The zero-order valence-electron chi connectivity index (χ0n) is 20.0. The number of fused-ring (bicyclic) bond motifs is 1. The van der Waals surface area contributed by atoms with E-state index in [-0.39, 0.29) is 17.4 Å². The van der Waals surface area contributed by atoms with Crippen molar-refractivity contribution in [2.45, 2.75) is 44.4 Å². The lowest BCUT2D eigenvalue weighted by atomic mass is 9.90. The number of benzene rings is 1. The van der Waals surface area contributed by atoms with Crippen LogP contribution in [0.25, 0.3) is 10.8 Å². The number of piperazine rings is 1. The average Bonchev–Trinajstić information content (AvgIpc) is 3.34. The molecule has 2 aromatic rings. The molecule has 3 atom stereocenters. The molecule has 3 aliphatic heterocycles. The van der Waals surface area contributed by atoms with Crippen molar-refractivity contribution in [2.24, 2.45) is 5.92 Å². The van der Waals surface area contributed by atoms with E-state index >= 15 is 0 Å². The van der Waals surface area contributed by atoms with Crippen molar-refractivity contribution in [1.82, 2.24) is 9.88 Å². The topological polar surface area (TPSA) is 87.2 Å². The Kier molecular flexibility index (Phi) is 6.23. The predicted molar refractivity (Wildman–Crippen MR) is 133 cm³/mol. The average molecular weight is 489 g/mol. The number of amides is 1. The normalized spacial score (nSPS) is 29.6. The first kappa shape index (κ1) is 23.8. The van der Waals surface area contributed by atoms with Crippen molar-refractivity contribution >= 4 is 39.8 Å². The molecule has 3 aliphatic rings. The van der Waals surface area contributed by atoms with Crippen molar-refractivity contribution in [2.75, 3.05) is 56.2 Å². The smallest absolute Gasteiger partial charge is 0.231 e. The Hall–Kier alpha value is -1.97. The number of hydrogen-bond acceptors (Lipinski definition) is 7. The Morgan fingerprint density at radius 3 is 2.59 bits per heavy atom. The van der Waals surface area contributed by atoms with Gasteiger partial charge in [0.2, 0.25) is 5.91 Å². The molecule has 1 aromatic carbocycles. The minimum absolute atomic E-state index is 0.0637. The van der Waals surface area contributed by atoms with Crippen LogP contribution in [0.15, 0.2) is 24.4 Å². The second kappa shape index (κ2) is 8.91. The summed E-state index contributed by atoms with van der Waals surface area (Å²) < 4.78 is 11.2. The van der Waals surface area contributed by atoms with Gasteiger partial charge in [-0.15, -0.1) is 0 Å². The van der Waals surface area contributed by atoms with Gasteiger partial charge in [0.25, 0.3) is 0 Å². The number of carbonyl (C=O) groups excluding carboxylic acids is 1. The third-order valence-electron chi connectivity index (χ3n) is 7.81. The van der Waals surface area contributed by atoms with Crippen molar-refractivity contribution in [3.8, 4) is 0 Å². The first-order valence-electron chi connectivity index (χ1n) is 12.0. The number of halogens is 1. The maximum atomic E-state index is 12.8. The van der Waals surface area contributed by atoms with Crippen LogP contribution >= 0.6 is 11.6 Å². The fourth-order valence-electron chi connectivity index (χ4n) is 5.43. The molecule has 3 fully saturated rings. The first-order valence-corrected chi connectivity index (χ1v) is 12.4. The number of hydrogen-bond donors (Lipinski definition) is 2. The summed E-state index contributed by atoms with van der Waals surface area (Å²) in [6.45, 7) is 10.8. The maximum Gasteiger partial charge on any atom is 0.231 e. The Labute approximate surface area is 205 Å². The van der Waals surface area contributed by atoms with Gasteiger partial charge in [0, 0.05) is 44.4 Å². The standard InChI is InChI=1S/C25H33ClN4O4/c1-24(2)18(4-9-34-24)23(32)28-22-12-16-11-20(19(26)10-17(16)13-27-22)29-5-7-30(8-6-29)25(3)15-33-14-21(25)31/h10-13,18,21,31H,4-9,14-15H2,1-3H3,(H,27,28,32)/t18-,21+,25-/m0/s1. The molecule has 4 heterocycles. The molecule has 0 unspecified atom stereocenters. The summed E-state index contributed by atoms with van der Waals surface area (Å²) in [5.74, 6) is 0.264. The molecule has 34 heavy (non-hydrogen) atoms. The quantitative estimate of drug-likeness (QED) is 0.684. The van der Waals surface area contributed by atoms with Gasteiger partial charge in [-0.25, -0.2) is 4.98 Å². The minimum atomic E-state index is -0.471. The number of aromatic nitrogens is 1. The van der Waals surface area contributed by atoms with Gasteiger partial charge in [-0.3, -0.25) is 9.69 Å². The SMILES string of the molecule is CC1(C)OCC[C@H]1C(=O)Nc1cc2cc(N3CCN([C@@]4(C)COC[C@H]4O)CC3)c(Cl)cc2cn1. The van der Waals surface area contributed by atoms with Gasteiger partial charge in [0.1, 0.15) is 5.82 Å². The Morgan fingerprint density at radius 1 is 1.18 bits per heavy atom. The summed E-state index contributed by atoms with van der Waals surface area (Å²) in [6, 6.07) is 5.91. The van der Waals surface area contributed by atoms with E-state index in [0.29, 0.717) is 37.1 Å². The van der Waals surface area contributed by atoms with Crippen LogP contribution in [-0.4, -0.2) is 84.1 Å². The zero-order valence-corrected chi connectivity index (χ0v) is 20.8. The van der Waals surface area contributed by atoms with Crippen LogP contribution < -0.4 is 10.2 Å². The van der Waals surface area contributed by atoms with E-state index in [1.165, 1.54) is 0 Å². The van der Waals surface area contributed by atoms with E-state index < -0.39 is 11.7 Å². The monoisotopic (exact) mass is 488 g/mol. The van der Waals surface area contributed by atoms with E-state index in [2.05, 4.69) is 33.1 Å². The van der Waals surface area contributed by atoms with E-state index in [1.54, 1.807) is 6.20 Å². The van der Waals surface area contributed by atoms with Gasteiger partial charge in [0.05, 0.1) is 47.1 Å². The molecular formula is C25H33ClN4O4. The van der Waals surface area contributed by atoms with Gasteiger partial charge >= 0.3 is 0 Å². The van der Waals surface area contributed by atoms with Crippen LogP contribution in [0.1, 0.15) is 27.2 Å². The number of nitrogens with zero attached hydrogens (tertiary/aromatic N) is 3. The molecule has 1 aromatic heterocycles. The summed E-state index contributed by atoms with van der Waals surface area (Å²) in [5.41, 5.74) is 0.161. The van der Waals surface area contributed by atoms with Gasteiger partial charge < -0.3 is 24.8 Å². The largest absolute Gasteiger partial charge is 0.389 e. The van der Waals surface area contributed by atoms with Crippen molar-refractivity contribution in [3.63, 3.8) is 0 Å². The number of anilines is 2.